The Morgan fingerprint density at radius 2 is 1.78 bits per heavy atom. The van der Waals surface area contributed by atoms with Crippen molar-refractivity contribution >= 4 is 34.9 Å². The fraction of sp³-hybridized carbons (Fsp3) is 0.308. The maximum atomic E-state index is 11.8. The van der Waals surface area contributed by atoms with E-state index in [1.165, 1.54) is 7.11 Å². The topological polar surface area (TPSA) is 116 Å². The fourth-order valence-electron chi connectivity index (χ4n) is 4.44. The lowest BCUT2D eigenvalue weighted by Gasteiger charge is -2.20. The monoisotopic (exact) mass is 521 g/mol. The second-order valence-electron chi connectivity index (χ2n) is 8.62. The van der Waals surface area contributed by atoms with Gasteiger partial charge < -0.3 is 34.9 Å². The first-order valence-corrected chi connectivity index (χ1v) is 12.2. The number of nitrogens with one attached hydrogen (secondary N) is 3. The Hall–Kier alpha value is -3.80. The molecule has 0 aliphatic carbocycles. The van der Waals surface area contributed by atoms with E-state index < -0.39 is 5.97 Å². The van der Waals surface area contributed by atoms with Gasteiger partial charge >= 0.3 is 5.97 Å². The van der Waals surface area contributed by atoms with Gasteiger partial charge in [-0.15, -0.1) is 0 Å². The van der Waals surface area contributed by atoms with Gasteiger partial charge in [-0.2, -0.15) is 0 Å². The van der Waals surface area contributed by atoms with Crippen LogP contribution in [0.15, 0.2) is 60.8 Å². The highest BCUT2D eigenvalue weighted by molar-refractivity contribution is 7.80. The van der Waals surface area contributed by atoms with Gasteiger partial charge in [-0.3, -0.25) is 0 Å². The van der Waals surface area contributed by atoms with E-state index >= 15 is 0 Å². The van der Waals surface area contributed by atoms with Crippen molar-refractivity contribution in [1.29, 1.82) is 0 Å². The maximum Gasteiger partial charge on any atom is 0.337 e. The van der Waals surface area contributed by atoms with Crippen molar-refractivity contribution in [2.75, 3.05) is 38.1 Å². The van der Waals surface area contributed by atoms with E-state index in [-0.39, 0.29) is 24.3 Å². The van der Waals surface area contributed by atoms with E-state index in [0.29, 0.717) is 35.5 Å². The fourth-order valence-corrected chi connectivity index (χ4v) is 4.71. The third-order valence-electron chi connectivity index (χ3n) is 6.27. The van der Waals surface area contributed by atoms with E-state index in [9.17, 15) is 4.79 Å². The molecule has 0 radical (unpaired) electrons. The van der Waals surface area contributed by atoms with Crippen molar-refractivity contribution in [2.45, 2.75) is 24.3 Å². The van der Waals surface area contributed by atoms with Crippen LogP contribution in [0.25, 0.3) is 11.3 Å². The highest BCUT2D eigenvalue weighted by Crippen LogP contribution is 2.29. The number of carbonyl (C=O) groups is 1. The maximum absolute atomic E-state index is 11.8. The van der Waals surface area contributed by atoms with Crippen LogP contribution in [0.4, 0.5) is 11.6 Å². The Bertz CT molecular complexity index is 1270. The van der Waals surface area contributed by atoms with Crippen molar-refractivity contribution in [1.82, 2.24) is 15.3 Å². The van der Waals surface area contributed by atoms with Crippen LogP contribution in [-0.4, -0.2) is 72.8 Å². The van der Waals surface area contributed by atoms with Crippen LogP contribution in [0.1, 0.15) is 10.4 Å². The smallest absolute Gasteiger partial charge is 0.337 e. The number of nitrogens with zero attached hydrogens (tertiary/aromatic N) is 2. The Kier molecular flexibility index (Phi) is 7.45. The molecule has 2 saturated heterocycles. The molecule has 3 N–H and O–H groups in total. The van der Waals surface area contributed by atoms with Crippen LogP contribution in [0.5, 0.6) is 5.75 Å². The number of methoxy groups -OCH3 is 2. The molecule has 2 aliphatic heterocycles. The number of benzene rings is 2. The Labute approximate surface area is 219 Å². The van der Waals surface area contributed by atoms with Gasteiger partial charge in [-0.05, 0) is 60.7 Å². The van der Waals surface area contributed by atoms with Crippen LogP contribution in [-0.2, 0) is 14.2 Å². The average Bonchev–Trinajstić information content (AvgIpc) is 3.51. The molecule has 0 bridgehead atoms. The lowest BCUT2D eigenvalue weighted by atomic mass is 10.1. The second-order valence-corrected chi connectivity index (χ2v) is 9.03. The van der Waals surface area contributed by atoms with Crippen molar-refractivity contribution in [3.8, 4) is 17.0 Å². The number of anilines is 2. The van der Waals surface area contributed by atoms with Crippen molar-refractivity contribution in [2.24, 2.45) is 0 Å². The SMILES string of the molecule is COC(=O)c1cccc(NC(=S)N[C@H]2CO[C@H]3[C@@H]2OC[C@@H]3Nc2nccc(-c3ccc(OC)cc3)n2)c1. The molecular weight excluding hydrogens is 494 g/mol. The molecule has 5 rings (SSSR count). The van der Waals surface area contributed by atoms with E-state index in [4.69, 9.17) is 31.2 Å². The zero-order valence-corrected chi connectivity index (χ0v) is 21.2. The molecule has 0 amide bonds. The van der Waals surface area contributed by atoms with Gasteiger partial charge in [0.05, 0.1) is 50.8 Å². The van der Waals surface area contributed by atoms with Gasteiger partial charge in [-0.1, -0.05) is 6.07 Å². The number of rotatable bonds is 7. The Morgan fingerprint density at radius 3 is 2.54 bits per heavy atom. The number of thiocarbonyl (C=S) groups is 1. The van der Waals surface area contributed by atoms with Gasteiger partial charge in [0, 0.05) is 17.4 Å². The predicted octanol–water partition coefficient (Wildman–Crippen LogP) is 2.87. The van der Waals surface area contributed by atoms with Crippen LogP contribution < -0.4 is 20.7 Å². The lowest BCUT2D eigenvalue weighted by molar-refractivity contribution is 0.0601. The summed E-state index contributed by atoms with van der Waals surface area (Å²) < 4.78 is 22.1. The number of hydrogen-bond donors (Lipinski definition) is 3. The minimum Gasteiger partial charge on any atom is -0.497 e. The molecule has 0 spiro atoms. The van der Waals surface area contributed by atoms with Gasteiger partial charge in [0.1, 0.15) is 18.0 Å². The molecule has 11 heteroatoms. The highest BCUT2D eigenvalue weighted by Gasteiger charge is 2.48. The summed E-state index contributed by atoms with van der Waals surface area (Å²) in [6.07, 6.45) is 1.35. The normalized spacial score (nSPS) is 22.1. The summed E-state index contributed by atoms with van der Waals surface area (Å²) in [4.78, 5) is 20.8. The van der Waals surface area contributed by atoms with E-state index in [1.807, 2.05) is 36.4 Å². The molecule has 4 atom stereocenters. The minimum absolute atomic E-state index is 0.110. The summed E-state index contributed by atoms with van der Waals surface area (Å²) >= 11 is 5.49. The summed E-state index contributed by atoms with van der Waals surface area (Å²) in [6.45, 7) is 0.884. The lowest BCUT2D eigenvalue weighted by Crippen LogP contribution is -2.46. The van der Waals surface area contributed by atoms with Gasteiger partial charge in [-0.25, -0.2) is 14.8 Å². The molecule has 192 valence electrons. The van der Waals surface area contributed by atoms with Crippen LogP contribution in [0.2, 0.25) is 0 Å². The molecule has 3 heterocycles. The number of ether oxygens (including phenoxy) is 4. The Balaban J connectivity index is 1.18. The summed E-state index contributed by atoms with van der Waals surface area (Å²) in [5.41, 5.74) is 2.88. The molecule has 1 aromatic heterocycles. The number of esters is 1. The van der Waals surface area contributed by atoms with Crippen molar-refractivity contribution in [3.63, 3.8) is 0 Å². The first kappa shape index (κ1) is 24.9. The standard InChI is InChI=1S/C26H27N5O5S/c1-33-18-8-6-15(7-9-18)19-10-11-27-25(29-19)30-20-13-35-23-21(14-36-22(20)23)31-26(37)28-17-5-3-4-16(12-17)24(32)34-2/h3-12,20-23H,13-14H2,1-2H3,(H,27,29,30)(H2,28,31,37)/t20-,21-,22+,23+/m0/s1. The van der Waals surface area contributed by atoms with Crippen LogP contribution >= 0.6 is 12.2 Å². The molecule has 2 fully saturated rings. The zero-order valence-electron chi connectivity index (χ0n) is 20.3. The first-order valence-electron chi connectivity index (χ1n) is 11.8. The molecule has 0 saturated carbocycles. The van der Waals surface area contributed by atoms with E-state index in [1.54, 1.807) is 31.5 Å². The zero-order chi connectivity index (χ0) is 25.8. The van der Waals surface area contributed by atoms with Crippen LogP contribution in [0.3, 0.4) is 0 Å². The van der Waals surface area contributed by atoms with Crippen molar-refractivity contribution < 1.29 is 23.7 Å². The van der Waals surface area contributed by atoms with Gasteiger partial charge in [0.15, 0.2) is 5.11 Å². The number of aromatic nitrogens is 2. The van der Waals surface area contributed by atoms with E-state index in [2.05, 4.69) is 25.9 Å². The summed E-state index contributed by atoms with van der Waals surface area (Å²) in [7, 11) is 2.98. The predicted molar refractivity (Wildman–Crippen MR) is 142 cm³/mol. The third-order valence-corrected chi connectivity index (χ3v) is 6.49. The van der Waals surface area contributed by atoms with E-state index in [0.717, 1.165) is 17.0 Å². The number of fused-ring (bicyclic) bond motifs is 1. The molecule has 0 unspecified atom stereocenters. The first-order chi connectivity index (χ1) is 18.0. The minimum atomic E-state index is -0.411. The second kappa shape index (κ2) is 11.1. The molecule has 3 aromatic rings. The molecule has 2 aliphatic rings. The number of carbonyl (C=O) groups excluding carboxylic acids is 1. The third kappa shape index (κ3) is 5.63. The average molecular weight is 522 g/mol. The highest BCUT2D eigenvalue weighted by atomic mass is 32.1. The van der Waals surface area contributed by atoms with Gasteiger partial charge in [0.25, 0.3) is 0 Å². The largest absolute Gasteiger partial charge is 0.497 e. The molecule has 10 nitrogen and oxygen atoms in total. The Morgan fingerprint density at radius 1 is 1.03 bits per heavy atom. The quantitative estimate of drug-likeness (QED) is 0.315. The summed E-state index contributed by atoms with van der Waals surface area (Å²) in [5.74, 6) is 0.882. The summed E-state index contributed by atoms with van der Waals surface area (Å²) in [5, 5.41) is 10.1. The summed E-state index contributed by atoms with van der Waals surface area (Å²) in [6, 6.07) is 16.3. The number of hydrogen-bond acceptors (Lipinski definition) is 9. The van der Waals surface area contributed by atoms with Gasteiger partial charge in [0.2, 0.25) is 5.95 Å². The van der Waals surface area contributed by atoms with Crippen molar-refractivity contribution in [3.05, 3.63) is 66.4 Å². The molecular formula is C26H27N5O5S. The molecule has 2 aromatic carbocycles. The van der Waals surface area contributed by atoms with Crippen LogP contribution in [0, 0.1) is 0 Å². The molecule has 37 heavy (non-hydrogen) atoms.